The van der Waals surface area contributed by atoms with Crippen LogP contribution in [-0.2, 0) is 11.3 Å². The van der Waals surface area contributed by atoms with Gasteiger partial charge in [-0.3, -0.25) is 4.79 Å². The SMILES string of the molecule is COCc1cc(C)nc2sc3c(=O)[nH]c(-c4ccc(Br)cc4)nc3c12. The van der Waals surface area contributed by atoms with Crippen molar-refractivity contribution in [1.29, 1.82) is 0 Å². The molecular weight excluding hydrogens is 402 g/mol. The first-order valence-corrected chi connectivity index (χ1v) is 9.25. The van der Waals surface area contributed by atoms with E-state index in [2.05, 4.69) is 25.9 Å². The van der Waals surface area contributed by atoms with Crippen LogP contribution in [-0.4, -0.2) is 22.1 Å². The third-order valence-electron chi connectivity index (χ3n) is 3.93. The van der Waals surface area contributed by atoms with Crippen LogP contribution >= 0.6 is 27.3 Å². The Kier molecular flexibility index (Phi) is 4.15. The maximum atomic E-state index is 12.6. The monoisotopic (exact) mass is 415 g/mol. The Morgan fingerprint density at radius 2 is 2.00 bits per heavy atom. The fourth-order valence-electron chi connectivity index (χ4n) is 2.87. The number of hydrogen-bond donors (Lipinski definition) is 1. The van der Waals surface area contributed by atoms with Crippen molar-refractivity contribution in [3.63, 3.8) is 0 Å². The Morgan fingerprint density at radius 3 is 2.72 bits per heavy atom. The number of fused-ring (bicyclic) bond motifs is 3. The van der Waals surface area contributed by atoms with Gasteiger partial charge >= 0.3 is 0 Å². The molecule has 7 heteroatoms. The molecule has 0 atom stereocenters. The Labute approximate surface area is 155 Å². The number of ether oxygens (including phenoxy) is 1. The fraction of sp³-hybridized carbons (Fsp3) is 0.167. The summed E-state index contributed by atoms with van der Waals surface area (Å²) in [4.78, 5) is 25.6. The quantitative estimate of drug-likeness (QED) is 0.537. The van der Waals surface area contributed by atoms with Gasteiger partial charge in [0.05, 0.1) is 12.1 Å². The molecule has 4 rings (SSSR count). The van der Waals surface area contributed by atoms with Gasteiger partial charge in [-0.2, -0.15) is 0 Å². The second kappa shape index (κ2) is 6.33. The second-order valence-electron chi connectivity index (χ2n) is 5.74. The highest BCUT2D eigenvalue weighted by Crippen LogP contribution is 2.33. The van der Waals surface area contributed by atoms with Crippen molar-refractivity contribution in [2.45, 2.75) is 13.5 Å². The summed E-state index contributed by atoms with van der Waals surface area (Å²) in [5, 5.41) is 0.900. The van der Waals surface area contributed by atoms with Crippen LogP contribution in [0.25, 0.3) is 31.8 Å². The third kappa shape index (κ3) is 2.88. The number of aromatic nitrogens is 3. The third-order valence-corrected chi connectivity index (χ3v) is 5.53. The fourth-order valence-corrected chi connectivity index (χ4v) is 4.24. The number of thiophene rings is 1. The number of nitrogens with zero attached hydrogens (tertiary/aromatic N) is 2. The summed E-state index contributed by atoms with van der Waals surface area (Å²) < 4.78 is 6.89. The topological polar surface area (TPSA) is 67.9 Å². The van der Waals surface area contributed by atoms with Crippen LogP contribution in [0.4, 0.5) is 0 Å². The van der Waals surface area contributed by atoms with E-state index in [1.54, 1.807) is 7.11 Å². The van der Waals surface area contributed by atoms with Crippen LogP contribution in [0, 0.1) is 6.92 Å². The summed E-state index contributed by atoms with van der Waals surface area (Å²) in [7, 11) is 1.66. The van der Waals surface area contributed by atoms with Crippen molar-refractivity contribution in [2.24, 2.45) is 0 Å². The van der Waals surface area contributed by atoms with Gasteiger partial charge in [-0.15, -0.1) is 11.3 Å². The van der Waals surface area contributed by atoms with E-state index >= 15 is 0 Å². The Morgan fingerprint density at radius 1 is 1.24 bits per heavy atom. The van der Waals surface area contributed by atoms with E-state index in [1.807, 2.05) is 37.3 Å². The number of H-pyrrole nitrogens is 1. The molecule has 0 aliphatic carbocycles. The number of hydrogen-bond acceptors (Lipinski definition) is 5. The lowest BCUT2D eigenvalue weighted by atomic mass is 10.1. The Balaban J connectivity index is 2.05. The van der Waals surface area contributed by atoms with Gasteiger partial charge in [-0.25, -0.2) is 9.97 Å². The average molecular weight is 416 g/mol. The number of aryl methyl sites for hydroxylation is 1. The lowest BCUT2D eigenvalue weighted by Gasteiger charge is -2.05. The van der Waals surface area contributed by atoms with E-state index in [4.69, 9.17) is 9.72 Å². The van der Waals surface area contributed by atoms with Crippen molar-refractivity contribution in [2.75, 3.05) is 7.11 Å². The van der Waals surface area contributed by atoms with Crippen molar-refractivity contribution in [1.82, 2.24) is 15.0 Å². The zero-order valence-corrected chi connectivity index (χ0v) is 16.0. The second-order valence-corrected chi connectivity index (χ2v) is 7.65. The molecule has 0 saturated carbocycles. The molecule has 1 N–H and O–H groups in total. The number of nitrogens with one attached hydrogen (secondary N) is 1. The maximum Gasteiger partial charge on any atom is 0.269 e. The molecule has 4 aromatic rings. The first kappa shape index (κ1) is 16.4. The van der Waals surface area contributed by atoms with Crippen LogP contribution in [0.3, 0.4) is 0 Å². The van der Waals surface area contributed by atoms with Crippen LogP contribution in [0.15, 0.2) is 39.6 Å². The number of rotatable bonds is 3. The highest BCUT2D eigenvalue weighted by atomic mass is 79.9. The Hall–Kier alpha value is -2.09. The molecule has 0 spiro atoms. The predicted molar refractivity (Wildman–Crippen MR) is 104 cm³/mol. The molecule has 25 heavy (non-hydrogen) atoms. The number of pyridine rings is 1. The summed E-state index contributed by atoms with van der Waals surface area (Å²) in [5.41, 5.74) is 3.29. The first-order valence-electron chi connectivity index (χ1n) is 7.64. The molecule has 0 bridgehead atoms. The molecule has 5 nitrogen and oxygen atoms in total. The first-order chi connectivity index (χ1) is 12.1. The molecule has 0 aliphatic heterocycles. The van der Waals surface area contributed by atoms with Crippen LogP contribution in [0.5, 0.6) is 0 Å². The standard InChI is InChI=1S/C18H14BrN3O2S/c1-9-7-11(8-24-2)13-14-15(25-18(13)20-9)17(23)22-16(21-14)10-3-5-12(19)6-4-10/h3-7H,8H2,1-2H3,(H,21,22,23). The molecule has 0 unspecified atom stereocenters. The van der Waals surface area contributed by atoms with E-state index in [0.29, 0.717) is 22.6 Å². The molecule has 0 aliphatic rings. The van der Waals surface area contributed by atoms with Gasteiger partial charge in [-0.1, -0.05) is 28.1 Å². The summed E-state index contributed by atoms with van der Waals surface area (Å²) in [6.07, 6.45) is 0. The largest absolute Gasteiger partial charge is 0.380 e. The molecule has 0 fully saturated rings. The zero-order chi connectivity index (χ0) is 17.6. The lowest BCUT2D eigenvalue weighted by molar-refractivity contribution is 0.186. The molecule has 0 saturated heterocycles. The molecule has 1 aromatic carbocycles. The van der Waals surface area contributed by atoms with Crippen molar-refractivity contribution < 1.29 is 4.74 Å². The van der Waals surface area contributed by atoms with E-state index in [9.17, 15) is 4.79 Å². The zero-order valence-electron chi connectivity index (χ0n) is 13.6. The van der Waals surface area contributed by atoms with Crippen LogP contribution in [0.1, 0.15) is 11.3 Å². The molecule has 3 aromatic heterocycles. The van der Waals surface area contributed by atoms with Gasteiger partial charge in [0.2, 0.25) is 0 Å². The van der Waals surface area contributed by atoms with Gasteiger partial charge in [0.15, 0.2) is 0 Å². The summed E-state index contributed by atoms with van der Waals surface area (Å²) >= 11 is 4.79. The summed E-state index contributed by atoms with van der Waals surface area (Å²) in [6.45, 7) is 2.39. The molecule has 126 valence electrons. The molecular formula is C18H14BrN3O2S. The summed E-state index contributed by atoms with van der Waals surface area (Å²) in [5.74, 6) is 0.550. The molecule has 0 radical (unpaired) electrons. The smallest absolute Gasteiger partial charge is 0.269 e. The van der Waals surface area contributed by atoms with E-state index in [-0.39, 0.29) is 5.56 Å². The number of aromatic amines is 1. The van der Waals surface area contributed by atoms with Gasteiger partial charge in [-0.05, 0) is 30.7 Å². The van der Waals surface area contributed by atoms with Crippen molar-refractivity contribution in [3.05, 3.63) is 56.4 Å². The minimum atomic E-state index is -0.146. The Bertz CT molecular complexity index is 1150. The van der Waals surface area contributed by atoms with E-state index in [0.717, 1.165) is 31.5 Å². The van der Waals surface area contributed by atoms with Gasteiger partial charge < -0.3 is 9.72 Å². The highest BCUT2D eigenvalue weighted by molar-refractivity contribution is 9.10. The minimum Gasteiger partial charge on any atom is -0.380 e. The number of halogens is 1. The predicted octanol–water partition coefficient (Wildman–Crippen LogP) is 4.42. The van der Waals surface area contributed by atoms with Crippen LogP contribution in [0.2, 0.25) is 0 Å². The average Bonchev–Trinajstić information content (AvgIpc) is 2.94. The van der Waals surface area contributed by atoms with Crippen molar-refractivity contribution >= 4 is 47.7 Å². The van der Waals surface area contributed by atoms with E-state index < -0.39 is 0 Å². The van der Waals surface area contributed by atoms with E-state index in [1.165, 1.54) is 11.3 Å². The number of methoxy groups -OCH3 is 1. The minimum absolute atomic E-state index is 0.146. The van der Waals surface area contributed by atoms with Gasteiger partial charge in [0.1, 0.15) is 15.4 Å². The highest BCUT2D eigenvalue weighted by Gasteiger charge is 2.17. The number of benzene rings is 1. The normalized spacial score (nSPS) is 11.5. The maximum absolute atomic E-state index is 12.6. The lowest BCUT2D eigenvalue weighted by Crippen LogP contribution is -2.07. The van der Waals surface area contributed by atoms with Gasteiger partial charge in [0.25, 0.3) is 5.56 Å². The van der Waals surface area contributed by atoms with Crippen molar-refractivity contribution in [3.8, 4) is 11.4 Å². The van der Waals surface area contributed by atoms with Crippen LogP contribution < -0.4 is 5.56 Å². The van der Waals surface area contributed by atoms with Gasteiger partial charge in [0, 0.05) is 28.2 Å². The summed E-state index contributed by atoms with van der Waals surface area (Å²) in [6, 6.07) is 9.67. The molecule has 0 amide bonds. The molecule has 3 heterocycles.